The second-order valence-electron chi connectivity index (χ2n) is 7.79. The van der Waals surface area contributed by atoms with Gasteiger partial charge in [-0.3, -0.25) is 9.59 Å². The first-order valence-electron chi connectivity index (χ1n) is 10.2. The summed E-state index contributed by atoms with van der Waals surface area (Å²) in [6, 6.07) is 3.86. The van der Waals surface area contributed by atoms with Crippen molar-refractivity contribution in [3.63, 3.8) is 0 Å². The van der Waals surface area contributed by atoms with Crippen LogP contribution >= 0.6 is 11.6 Å². The first kappa shape index (κ1) is 24.2. The molecule has 0 radical (unpaired) electrons. The molecule has 0 atom stereocenters. The van der Waals surface area contributed by atoms with Crippen LogP contribution in [0.1, 0.15) is 68.6 Å². The number of aromatic amines is 1. The van der Waals surface area contributed by atoms with E-state index in [2.05, 4.69) is 4.98 Å². The number of benzene rings is 1. The summed E-state index contributed by atoms with van der Waals surface area (Å²) in [4.78, 5) is 39.7. The van der Waals surface area contributed by atoms with Gasteiger partial charge in [0.1, 0.15) is 0 Å². The van der Waals surface area contributed by atoms with Gasteiger partial charge in [0, 0.05) is 24.3 Å². The summed E-state index contributed by atoms with van der Waals surface area (Å²) in [5.41, 5.74) is 1.53. The molecular weight excluding hydrogens is 456 g/mol. The number of esters is 1. The lowest BCUT2D eigenvalue weighted by Crippen LogP contribution is -2.35. The quantitative estimate of drug-likeness (QED) is 0.477. The van der Waals surface area contributed by atoms with Crippen molar-refractivity contribution in [2.45, 2.75) is 44.9 Å². The summed E-state index contributed by atoms with van der Waals surface area (Å²) in [5.74, 6) is -1.60. The summed E-state index contributed by atoms with van der Waals surface area (Å²) in [6.45, 7) is 5.00. The molecule has 0 spiro atoms. The lowest BCUT2D eigenvalue weighted by molar-refractivity contribution is 0.0473. The third-order valence-corrected chi connectivity index (χ3v) is 7.74. The molecule has 1 aliphatic rings. The van der Waals surface area contributed by atoms with Crippen LogP contribution in [0.25, 0.3) is 0 Å². The van der Waals surface area contributed by atoms with Crippen molar-refractivity contribution < 1.29 is 27.5 Å². The number of carbonyl (C=O) groups is 3. The number of ketones is 2. The van der Waals surface area contributed by atoms with E-state index in [4.69, 9.17) is 16.3 Å². The number of halogens is 1. The average Bonchev–Trinajstić information content (AvgIpc) is 3.06. The third kappa shape index (κ3) is 4.79. The molecule has 0 bridgehead atoms. The van der Waals surface area contributed by atoms with Gasteiger partial charge in [-0.2, -0.15) is 4.31 Å². The highest BCUT2D eigenvalue weighted by atomic mass is 35.5. The number of aromatic nitrogens is 1. The number of carbonyl (C=O) groups excluding carboxylic acids is 3. The van der Waals surface area contributed by atoms with Crippen molar-refractivity contribution in [3.05, 3.63) is 51.3 Å². The van der Waals surface area contributed by atoms with E-state index in [1.54, 1.807) is 13.8 Å². The van der Waals surface area contributed by atoms with Gasteiger partial charge in [0.05, 0.1) is 21.2 Å². The maximum Gasteiger partial charge on any atom is 0.340 e. The number of H-pyrrole nitrogens is 1. The summed E-state index contributed by atoms with van der Waals surface area (Å²) in [7, 11) is -3.76. The van der Waals surface area contributed by atoms with E-state index < -0.39 is 28.4 Å². The van der Waals surface area contributed by atoms with Crippen LogP contribution in [0, 0.1) is 13.8 Å². The molecule has 2 aromatic rings. The molecule has 1 aliphatic heterocycles. The van der Waals surface area contributed by atoms with Crippen molar-refractivity contribution in [3.8, 4) is 0 Å². The van der Waals surface area contributed by atoms with Gasteiger partial charge in [0.15, 0.2) is 12.4 Å². The van der Waals surface area contributed by atoms with E-state index in [9.17, 15) is 22.8 Å². The smallest absolute Gasteiger partial charge is 0.340 e. The zero-order chi connectivity index (χ0) is 23.6. The second kappa shape index (κ2) is 9.56. The highest BCUT2D eigenvalue weighted by molar-refractivity contribution is 7.89. The lowest BCUT2D eigenvalue weighted by Gasteiger charge is -2.26. The summed E-state index contributed by atoms with van der Waals surface area (Å²) in [5, 5.41) is 0.0193. The van der Waals surface area contributed by atoms with Crippen LogP contribution in [0.4, 0.5) is 0 Å². The fraction of sp³-hybridized carbons (Fsp3) is 0.409. The van der Waals surface area contributed by atoms with Gasteiger partial charge in [-0.05, 0) is 57.4 Å². The number of rotatable bonds is 7. The average molecular weight is 481 g/mol. The van der Waals surface area contributed by atoms with E-state index in [0.29, 0.717) is 29.9 Å². The summed E-state index contributed by atoms with van der Waals surface area (Å²) >= 11 is 6.11. The Hall–Kier alpha value is -2.49. The number of hydrogen-bond acceptors (Lipinski definition) is 6. The number of Topliss-reactive ketones (excluding diaryl/α,β-unsaturated/α-hetero) is 2. The van der Waals surface area contributed by atoms with Crippen molar-refractivity contribution in [1.82, 2.24) is 9.29 Å². The SMILES string of the molecule is CC(=O)c1c(C)[nH]c(C(=O)COC(=O)c2cc(S(=O)(=O)N3CCCCC3)ccc2Cl)c1C. The third-order valence-electron chi connectivity index (χ3n) is 5.51. The predicted octanol–water partition coefficient (Wildman–Crippen LogP) is 3.70. The van der Waals surface area contributed by atoms with Crippen molar-refractivity contribution in [2.75, 3.05) is 19.7 Å². The Morgan fingerprint density at radius 3 is 2.38 bits per heavy atom. The molecule has 10 heteroatoms. The molecular formula is C22H25ClN2O6S. The van der Waals surface area contributed by atoms with E-state index in [0.717, 1.165) is 19.3 Å². The number of nitrogens with zero attached hydrogens (tertiary/aromatic N) is 1. The largest absolute Gasteiger partial charge is 0.454 e. The number of sulfonamides is 1. The zero-order valence-corrected chi connectivity index (χ0v) is 19.7. The van der Waals surface area contributed by atoms with Crippen LogP contribution in [0.5, 0.6) is 0 Å². The lowest BCUT2D eigenvalue weighted by atomic mass is 10.1. The number of aryl methyl sites for hydroxylation is 1. The molecule has 2 heterocycles. The minimum atomic E-state index is -3.76. The molecule has 8 nitrogen and oxygen atoms in total. The van der Waals surface area contributed by atoms with Crippen molar-refractivity contribution >= 4 is 39.2 Å². The van der Waals surface area contributed by atoms with Gasteiger partial charge < -0.3 is 9.72 Å². The number of ether oxygens (including phenoxy) is 1. The Morgan fingerprint density at radius 1 is 1.12 bits per heavy atom. The molecule has 3 rings (SSSR count). The number of piperidine rings is 1. The van der Waals surface area contributed by atoms with Crippen LogP contribution in [-0.4, -0.2) is 54.9 Å². The summed E-state index contributed by atoms with van der Waals surface area (Å²) in [6.07, 6.45) is 2.55. The Kier molecular flexibility index (Phi) is 7.22. The highest BCUT2D eigenvalue weighted by Gasteiger charge is 2.28. The molecule has 1 N–H and O–H groups in total. The molecule has 0 aliphatic carbocycles. The molecule has 0 saturated carbocycles. The van der Waals surface area contributed by atoms with Gasteiger partial charge >= 0.3 is 5.97 Å². The van der Waals surface area contributed by atoms with E-state index in [1.165, 1.54) is 29.4 Å². The van der Waals surface area contributed by atoms with Gasteiger partial charge in [0.2, 0.25) is 15.8 Å². The molecule has 0 unspecified atom stereocenters. The molecule has 1 fully saturated rings. The fourth-order valence-corrected chi connectivity index (χ4v) is 5.65. The second-order valence-corrected chi connectivity index (χ2v) is 10.1. The first-order valence-corrected chi connectivity index (χ1v) is 12.1. The van der Waals surface area contributed by atoms with E-state index >= 15 is 0 Å². The van der Waals surface area contributed by atoms with Gasteiger partial charge in [-0.15, -0.1) is 0 Å². The Labute approximate surface area is 191 Å². The predicted molar refractivity (Wildman–Crippen MR) is 119 cm³/mol. The molecule has 1 aromatic carbocycles. The molecule has 172 valence electrons. The minimum absolute atomic E-state index is 0.0193. The van der Waals surface area contributed by atoms with E-state index in [1.807, 2.05) is 0 Å². The number of hydrogen-bond donors (Lipinski definition) is 1. The number of nitrogens with one attached hydrogen (secondary N) is 1. The molecule has 1 aromatic heterocycles. The highest BCUT2D eigenvalue weighted by Crippen LogP contribution is 2.26. The van der Waals surface area contributed by atoms with Crippen LogP contribution < -0.4 is 0 Å². The Morgan fingerprint density at radius 2 is 1.78 bits per heavy atom. The topological polar surface area (TPSA) is 114 Å². The minimum Gasteiger partial charge on any atom is -0.454 e. The summed E-state index contributed by atoms with van der Waals surface area (Å²) < 4.78 is 32.3. The van der Waals surface area contributed by atoms with E-state index in [-0.39, 0.29) is 27.0 Å². The van der Waals surface area contributed by atoms with Crippen LogP contribution in [0.3, 0.4) is 0 Å². The monoisotopic (exact) mass is 480 g/mol. The molecule has 0 amide bonds. The van der Waals surface area contributed by atoms with Gasteiger partial charge in [0.25, 0.3) is 0 Å². The fourth-order valence-electron chi connectivity index (χ4n) is 3.91. The molecule has 32 heavy (non-hydrogen) atoms. The maximum atomic E-state index is 12.9. The van der Waals surface area contributed by atoms with Crippen LogP contribution in [0.2, 0.25) is 5.02 Å². The van der Waals surface area contributed by atoms with Crippen molar-refractivity contribution in [2.24, 2.45) is 0 Å². The Balaban J connectivity index is 1.77. The Bertz CT molecular complexity index is 1180. The maximum absolute atomic E-state index is 12.9. The van der Waals surface area contributed by atoms with Gasteiger partial charge in [-0.1, -0.05) is 18.0 Å². The van der Waals surface area contributed by atoms with Crippen LogP contribution in [-0.2, 0) is 14.8 Å². The van der Waals surface area contributed by atoms with Crippen LogP contribution in [0.15, 0.2) is 23.1 Å². The normalized spacial score (nSPS) is 14.9. The zero-order valence-electron chi connectivity index (χ0n) is 18.2. The van der Waals surface area contributed by atoms with Gasteiger partial charge in [-0.25, -0.2) is 13.2 Å². The first-order chi connectivity index (χ1) is 15.0. The standard InChI is InChI=1S/C22H25ClN2O6S/c1-13-20(15(3)26)14(2)24-21(13)19(27)12-31-22(28)17-11-16(7-8-18(17)23)32(29,30)25-9-5-4-6-10-25/h7-8,11,24H,4-6,9-10,12H2,1-3H3. The molecule has 1 saturated heterocycles. The van der Waals surface area contributed by atoms with Crippen molar-refractivity contribution in [1.29, 1.82) is 0 Å².